The largest absolute Gasteiger partial charge is 0.314 e. The molecule has 0 aromatic heterocycles. The van der Waals surface area contributed by atoms with E-state index in [0.29, 0.717) is 24.3 Å². The van der Waals surface area contributed by atoms with Crippen LogP contribution < -0.4 is 5.32 Å². The Hall–Kier alpha value is -0.170. The molecule has 5 nitrogen and oxygen atoms in total. The Morgan fingerprint density at radius 3 is 2.56 bits per heavy atom. The van der Waals surface area contributed by atoms with E-state index in [0.717, 1.165) is 45.6 Å². The zero-order chi connectivity index (χ0) is 12.6. The topological polar surface area (TPSA) is 52.7 Å². The van der Waals surface area contributed by atoms with Gasteiger partial charge in [0.25, 0.3) is 0 Å². The van der Waals surface area contributed by atoms with Crippen molar-refractivity contribution in [3.63, 3.8) is 0 Å². The summed E-state index contributed by atoms with van der Waals surface area (Å²) in [5.41, 5.74) is 0. The smallest absolute Gasteiger partial charge is 0.215 e. The van der Waals surface area contributed by atoms with Gasteiger partial charge in [0.05, 0.1) is 5.75 Å². The Morgan fingerprint density at radius 1 is 1.17 bits per heavy atom. The van der Waals surface area contributed by atoms with Crippen LogP contribution in [0.25, 0.3) is 0 Å². The Kier molecular flexibility index (Phi) is 3.62. The molecular formula is C12H23N3O2S. The highest BCUT2D eigenvalue weighted by molar-refractivity contribution is 7.89. The number of rotatable bonds is 4. The molecule has 0 aromatic carbocycles. The molecule has 18 heavy (non-hydrogen) atoms. The maximum absolute atomic E-state index is 12.3. The molecule has 2 heterocycles. The molecule has 0 spiro atoms. The average molecular weight is 273 g/mol. The summed E-state index contributed by atoms with van der Waals surface area (Å²) in [6, 6.07) is 0.322. The van der Waals surface area contributed by atoms with Crippen molar-refractivity contribution in [2.24, 2.45) is 5.92 Å². The van der Waals surface area contributed by atoms with Crippen LogP contribution in [0.4, 0.5) is 0 Å². The lowest BCUT2D eigenvalue weighted by Crippen LogP contribution is -2.47. The quantitative estimate of drug-likeness (QED) is 0.764. The van der Waals surface area contributed by atoms with Gasteiger partial charge >= 0.3 is 0 Å². The molecule has 3 rings (SSSR count). The first-order valence-electron chi connectivity index (χ1n) is 7.08. The van der Waals surface area contributed by atoms with Gasteiger partial charge in [-0.2, -0.15) is 4.31 Å². The fourth-order valence-corrected chi connectivity index (χ4v) is 5.32. The number of hydrogen-bond acceptors (Lipinski definition) is 4. The number of sulfonamides is 1. The normalized spacial score (nSPS) is 34.2. The minimum absolute atomic E-state index is 0.302. The van der Waals surface area contributed by atoms with E-state index in [1.54, 1.807) is 4.31 Å². The van der Waals surface area contributed by atoms with Crippen molar-refractivity contribution >= 4 is 10.0 Å². The summed E-state index contributed by atoms with van der Waals surface area (Å²) < 4.78 is 26.5. The molecular weight excluding hydrogens is 250 g/mol. The van der Waals surface area contributed by atoms with Crippen LogP contribution in [0, 0.1) is 5.92 Å². The van der Waals surface area contributed by atoms with Crippen LogP contribution in [0.1, 0.15) is 19.3 Å². The lowest BCUT2D eigenvalue weighted by Gasteiger charge is -2.30. The zero-order valence-electron chi connectivity index (χ0n) is 10.8. The summed E-state index contributed by atoms with van der Waals surface area (Å²) >= 11 is 0. The van der Waals surface area contributed by atoms with E-state index >= 15 is 0 Å². The maximum Gasteiger partial charge on any atom is 0.215 e. The second-order valence-electron chi connectivity index (χ2n) is 5.81. The summed E-state index contributed by atoms with van der Waals surface area (Å²) in [5.74, 6) is 0.944. The van der Waals surface area contributed by atoms with E-state index in [-0.39, 0.29) is 0 Å². The van der Waals surface area contributed by atoms with Crippen LogP contribution in [0.2, 0.25) is 0 Å². The van der Waals surface area contributed by atoms with Gasteiger partial charge in [-0.3, -0.25) is 4.90 Å². The Labute approximate surface area is 110 Å². The molecule has 0 aromatic rings. The highest BCUT2D eigenvalue weighted by Crippen LogP contribution is 2.38. The molecule has 2 unspecified atom stereocenters. The van der Waals surface area contributed by atoms with Gasteiger partial charge < -0.3 is 5.32 Å². The Morgan fingerprint density at radius 2 is 1.94 bits per heavy atom. The fourth-order valence-electron chi connectivity index (χ4n) is 3.52. The van der Waals surface area contributed by atoms with Gasteiger partial charge in [-0.05, 0) is 25.2 Å². The lowest BCUT2D eigenvalue weighted by molar-refractivity contribution is 0.251. The van der Waals surface area contributed by atoms with Gasteiger partial charge in [0.2, 0.25) is 10.0 Å². The van der Waals surface area contributed by atoms with Crippen LogP contribution in [0.5, 0.6) is 0 Å². The van der Waals surface area contributed by atoms with Crippen molar-refractivity contribution in [1.29, 1.82) is 0 Å². The van der Waals surface area contributed by atoms with E-state index in [1.807, 2.05) is 0 Å². The van der Waals surface area contributed by atoms with Gasteiger partial charge in [-0.15, -0.1) is 0 Å². The molecule has 0 radical (unpaired) electrons. The molecule has 0 amide bonds. The minimum Gasteiger partial charge on any atom is -0.314 e. The second kappa shape index (κ2) is 5.07. The third kappa shape index (κ3) is 2.57. The third-order valence-corrected chi connectivity index (χ3v) is 6.45. The van der Waals surface area contributed by atoms with Crippen molar-refractivity contribution in [3.05, 3.63) is 0 Å². The average Bonchev–Trinajstić information content (AvgIpc) is 3.00. The molecule has 3 aliphatic rings. The first-order valence-corrected chi connectivity index (χ1v) is 8.69. The maximum atomic E-state index is 12.3. The standard InChI is InChI=1S/C12H23N3O2S/c16-18(17,8-7-14-5-3-13-4-6-14)15-10-11-1-2-12(15)9-11/h11-13H,1-10H2. The molecule has 2 saturated heterocycles. The zero-order valence-corrected chi connectivity index (χ0v) is 11.7. The monoisotopic (exact) mass is 273 g/mol. The summed E-state index contributed by atoms with van der Waals surface area (Å²) in [5, 5.41) is 3.29. The number of nitrogens with zero attached hydrogens (tertiary/aromatic N) is 2. The molecule has 2 bridgehead atoms. The van der Waals surface area contributed by atoms with Crippen molar-refractivity contribution in [3.8, 4) is 0 Å². The van der Waals surface area contributed by atoms with Crippen molar-refractivity contribution in [2.45, 2.75) is 25.3 Å². The van der Waals surface area contributed by atoms with E-state index in [9.17, 15) is 8.42 Å². The molecule has 1 saturated carbocycles. The molecule has 1 N–H and O–H groups in total. The lowest BCUT2D eigenvalue weighted by atomic mass is 10.1. The molecule has 104 valence electrons. The predicted molar refractivity (Wildman–Crippen MR) is 70.9 cm³/mol. The summed E-state index contributed by atoms with van der Waals surface area (Å²) in [7, 11) is -3.02. The van der Waals surface area contributed by atoms with Gasteiger partial charge in [0.1, 0.15) is 0 Å². The molecule has 6 heteroatoms. The van der Waals surface area contributed by atoms with Crippen LogP contribution in [-0.4, -0.2) is 68.7 Å². The van der Waals surface area contributed by atoms with Gasteiger partial charge in [-0.1, -0.05) is 0 Å². The van der Waals surface area contributed by atoms with Crippen molar-refractivity contribution < 1.29 is 8.42 Å². The number of hydrogen-bond donors (Lipinski definition) is 1. The predicted octanol–water partition coefficient (Wildman–Crippen LogP) is -0.294. The van der Waals surface area contributed by atoms with E-state index in [4.69, 9.17) is 0 Å². The summed E-state index contributed by atoms with van der Waals surface area (Å²) in [4.78, 5) is 2.25. The summed E-state index contributed by atoms with van der Waals surface area (Å²) in [6.45, 7) is 5.39. The number of piperidine rings is 1. The highest BCUT2D eigenvalue weighted by Gasteiger charge is 2.43. The third-order valence-electron chi connectivity index (χ3n) is 4.59. The Bertz CT molecular complexity index is 392. The number of fused-ring (bicyclic) bond motifs is 2. The van der Waals surface area contributed by atoms with Crippen LogP contribution >= 0.6 is 0 Å². The van der Waals surface area contributed by atoms with Crippen molar-refractivity contribution in [2.75, 3.05) is 45.0 Å². The number of piperazine rings is 1. The molecule has 2 aliphatic heterocycles. The van der Waals surface area contributed by atoms with Gasteiger partial charge in [-0.25, -0.2) is 8.42 Å². The van der Waals surface area contributed by atoms with Crippen LogP contribution in [0.3, 0.4) is 0 Å². The molecule has 1 aliphatic carbocycles. The first kappa shape index (κ1) is 12.8. The highest BCUT2D eigenvalue weighted by atomic mass is 32.2. The van der Waals surface area contributed by atoms with E-state index in [2.05, 4.69) is 10.2 Å². The molecule has 3 fully saturated rings. The van der Waals surface area contributed by atoms with E-state index < -0.39 is 10.0 Å². The second-order valence-corrected chi connectivity index (χ2v) is 7.85. The fraction of sp³-hybridized carbons (Fsp3) is 1.00. The first-order chi connectivity index (χ1) is 8.65. The van der Waals surface area contributed by atoms with Crippen LogP contribution in [0.15, 0.2) is 0 Å². The summed E-state index contributed by atoms with van der Waals surface area (Å²) in [6.07, 6.45) is 3.42. The van der Waals surface area contributed by atoms with Crippen LogP contribution in [-0.2, 0) is 10.0 Å². The SMILES string of the molecule is O=S(=O)(CCN1CCNCC1)N1CC2CCC1C2. The minimum atomic E-state index is -3.02. The van der Waals surface area contributed by atoms with Gasteiger partial charge in [0.15, 0.2) is 0 Å². The Balaban J connectivity index is 1.54. The van der Waals surface area contributed by atoms with Crippen molar-refractivity contribution in [1.82, 2.24) is 14.5 Å². The number of nitrogens with one attached hydrogen (secondary N) is 1. The molecule has 2 atom stereocenters. The van der Waals surface area contributed by atoms with E-state index in [1.165, 1.54) is 6.42 Å². The van der Waals surface area contributed by atoms with Gasteiger partial charge in [0, 0.05) is 45.3 Å².